The maximum atomic E-state index is 11.0. The van der Waals surface area contributed by atoms with Crippen molar-refractivity contribution < 1.29 is 19.8 Å². The molecule has 0 radical (unpaired) electrons. The first-order chi connectivity index (χ1) is 11.0. The van der Waals surface area contributed by atoms with Crippen molar-refractivity contribution in [2.24, 2.45) is 0 Å². The number of carbonyl (C=O) groups is 2. The highest BCUT2D eigenvalue weighted by atomic mass is 16.4. The van der Waals surface area contributed by atoms with Gasteiger partial charge in [-0.3, -0.25) is 0 Å². The second kappa shape index (κ2) is 10.6. The third-order valence-electron chi connectivity index (χ3n) is 3.79. The average Bonchev–Trinajstić information content (AvgIpc) is 2.53. The Balaban J connectivity index is 2.34. The van der Waals surface area contributed by atoms with Gasteiger partial charge in [-0.1, -0.05) is 51.9 Å². The van der Waals surface area contributed by atoms with Gasteiger partial charge in [-0.2, -0.15) is 0 Å². The van der Waals surface area contributed by atoms with E-state index in [1.807, 2.05) is 0 Å². The molecule has 0 atom stereocenters. The van der Waals surface area contributed by atoms with Crippen LogP contribution in [0.25, 0.3) is 0 Å². The molecule has 0 unspecified atom stereocenters. The number of benzene rings is 1. The Bertz CT molecular complexity index is 481. The molecule has 0 aliphatic heterocycles. The molecule has 0 fully saturated rings. The Labute approximate surface area is 137 Å². The summed E-state index contributed by atoms with van der Waals surface area (Å²) in [5.74, 6) is -2.24. The van der Waals surface area contributed by atoms with E-state index in [0.717, 1.165) is 19.4 Å². The van der Waals surface area contributed by atoms with Gasteiger partial charge in [-0.15, -0.1) is 0 Å². The van der Waals surface area contributed by atoms with Gasteiger partial charge >= 0.3 is 11.9 Å². The van der Waals surface area contributed by atoms with Gasteiger partial charge in [-0.05, 0) is 24.6 Å². The zero-order valence-electron chi connectivity index (χ0n) is 13.8. The lowest BCUT2D eigenvalue weighted by atomic mass is 10.1. The first-order valence-electron chi connectivity index (χ1n) is 8.40. The Morgan fingerprint density at radius 1 is 0.826 bits per heavy atom. The van der Waals surface area contributed by atoms with E-state index in [9.17, 15) is 9.59 Å². The van der Waals surface area contributed by atoms with Crippen molar-refractivity contribution in [3.8, 4) is 0 Å². The van der Waals surface area contributed by atoms with E-state index in [1.54, 1.807) is 0 Å². The van der Waals surface area contributed by atoms with Gasteiger partial charge in [0.2, 0.25) is 0 Å². The lowest BCUT2D eigenvalue weighted by Gasteiger charge is -2.09. The molecular formula is C18H27NO4. The molecule has 0 aliphatic carbocycles. The monoisotopic (exact) mass is 321 g/mol. The van der Waals surface area contributed by atoms with Crippen LogP contribution in [0.15, 0.2) is 18.2 Å². The second-order valence-corrected chi connectivity index (χ2v) is 5.81. The van der Waals surface area contributed by atoms with E-state index in [2.05, 4.69) is 12.2 Å². The van der Waals surface area contributed by atoms with E-state index in [-0.39, 0.29) is 11.1 Å². The average molecular weight is 321 g/mol. The van der Waals surface area contributed by atoms with Gasteiger partial charge in [0, 0.05) is 12.2 Å². The fourth-order valence-electron chi connectivity index (χ4n) is 2.47. The van der Waals surface area contributed by atoms with Crippen molar-refractivity contribution in [1.29, 1.82) is 0 Å². The molecule has 23 heavy (non-hydrogen) atoms. The Morgan fingerprint density at radius 2 is 1.30 bits per heavy atom. The quantitative estimate of drug-likeness (QED) is 0.488. The van der Waals surface area contributed by atoms with Gasteiger partial charge in [-0.25, -0.2) is 9.59 Å². The van der Waals surface area contributed by atoms with Crippen molar-refractivity contribution in [3.63, 3.8) is 0 Å². The maximum absolute atomic E-state index is 11.0. The number of anilines is 1. The summed E-state index contributed by atoms with van der Waals surface area (Å²) in [4.78, 5) is 22.1. The standard InChI is InChI=1S/C18H27NO4/c1-2-3-4-5-6-7-8-9-10-19-16-12-14(17(20)21)11-15(13-16)18(22)23/h11-13,19H,2-10H2,1H3,(H,20,21)(H,22,23). The van der Waals surface area contributed by atoms with E-state index >= 15 is 0 Å². The van der Waals surface area contributed by atoms with Crippen molar-refractivity contribution in [3.05, 3.63) is 29.3 Å². The Kier molecular flexibility index (Phi) is 8.80. The first-order valence-corrected chi connectivity index (χ1v) is 8.40. The second-order valence-electron chi connectivity index (χ2n) is 5.81. The van der Waals surface area contributed by atoms with E-state index < -0.39 is 11.9 Å². The molecule has 1 aromatic rings. The highest BCUT2D eigenvalue weighted by Crippen LogP contribution is 2.16. The van der Waals surface area contributed by atoms with Crippen LogP contribution in [0.1, 0.15) is 79.0 Å². The number of unbranched alkanes of at least 4 members (excludes halogenated alkanes) is 7. The number of hydrogen-bond acceptors (Lipinski definition) is 3. The number of hydrogen-bond donors (Lipinski definition) is 3. The van der Waals surface area contributed by atoms with Crippen molar-refractivity contribution in [1.82, 2.24) is 0 Å². The van der Waals surface area contributed by atoms with E-state index in [0.29, 0.717) is 5.69 Å². The molecule has 3 N–H and O–H groups in total. The molecular weight excluding hydrogens is 294 g/mol. The fraction of sp³-hybridized carbons (Fsp3) is 0.556. The van der Waals surface area contributed by atoms with Gasteiger partial charge < -0.3 is 15.5 Å². The highest BCUT2D eigenvalue weighted by Gasteiger charge is 2.11. The van der Waals surface area contributed by atoms with Crippen molar-refractivity contribution >= 4 is 17.6 Å². The van der Waals surface area contributed by atoms with Gasteiger partial charge in [0.15, 0.2) is 0 Å². The van der Waals surface area contributed by atoms with Crippen LogP contribution in [-0.2, 0) is 0 Å². The molecule has 5 nitrogen and oxygen atoms in total. The van der Waals surface area contributed by atoms with Crippen LogP contribution in [0.2, 0.25) is 0 Å². The summed E-state index contributed by atoms with van der Waals surface area (Å²) in [7, 11) is 0. The zero-order chi connectivity index (χ0) is 17.1. The summed E-state index contributed by atoms with van der Waals surface area (Å²) in [6, 6.07) is 4.12. The Morgan fingerprint density at radius 3 is 1.78 bits per heavy atom. The minimum absolute atomic E-state index is 0.0108. The summed E-state index contributed by atoms with van der Waals surface area (Å²) >= 11 is 0. The minimum Gasteiger partial charge on any atom is -0.478 e. The number of aromatic carboxylic acids is 2. The molecule has 0 aromatic heterocycles. The lowest BCUT2D eigenvalue weighted by molar-refractivity contribution is 0.0696. The molecule has 0 amide bonds. The van der Waals surface area contributed by atoms with Gasteiger partial charge in [0.05, 0.1) is 11.1 Å². The van der Waals surface area contributed by atoms with Crippen LogP contribution < -0.4 is 5.32 Å². The van der Waals surface area contributed by atoms with Crippen LogP contribution in [-0.4, -0.2) is 28.7 Å². The highest BCUT2D eigenvalue weighted by molar-refractivity contribution is 5.95. The minimum atomic E-state index is -1.12. The van der Waals surface area contributed by atoms with E-state index in [1.165, 1.54) is 56.7 Å². The first kappa shape index (κ1) is 19.0. The van der Waals surface area contributed by atoms with Crippen molar-refractivity contribution in [2.75, 3.05) is 11.9 Å². The van der Waals surface area contributed by atoms with Gasteiger partial charge in [0.1, 0.15) is 0 Å². The molecule has 5 heteroatoms. The van der Waals surface area contributed by atoms with E-state index in [4.69, 9.17) is 10.2 Å². The molecule has 0 aliphatic rings. The molecule has 0 saturated carbocycles. The number of nitrogens with one attached hydrogen (secondary N) is 1. The zero-order valence-corrected chi connectivity index (χ0v) is 13.8. The Hall–Kier alpha value is -2.04. The molecule has 128 valence electrons. The SMILES string of the molecule is CCCCCCCCCCNc1cc(C(=O)O)cc(C(=O)O)c1. The fourth-order valence-corrected chi connectivity index (χ4v) is 2.47. The van der Waals surface area contributed by atoms with Crippen LogP contribution in [0.5, 0.6) is 0 Å². The normalized spacial score (nSPS) is 10.5. The largest absolute Gasteiger partial charge is 0.478 e. The summed E-state index contributed by atoms with van der Waals surface area (Å²) in [6.07, 6.45) is 9.78. The number of carboxylic acid groups (broad SMARTS) is 2. The topological polar surface area (TPSA) is 86.6 Å². The van der Waals surface area contributed by atoms with Crippen LogP contribution in [0.4, 0.5) is 5.69 Å². The molecule has 0 heterocycles. The molecule has 0 spiro atoms. The number of carboxylic acids is 2. The molecule has 0 saturated heterocycles. The third kappa shape index (κ3) is 7.68. The third-order valence-corrected chi connectivity index (χ3v) is 3.79. The number of rotatable bonds is 12. The smallest absolute Gasteiger partial charge is 0.335 e. The van der Waals surface area contributed by atoms with Crippen LogP contribution >= 0.6 is 0 Å². The van der Waals surface area contributed by atoms with Crippen LogP contribution in [0, 0.1) is 0 Å². The predicted octanol–water partition coefficient (Wildman–Crippen LogP) is 4.64. The van der Waals surface area contributed by atoms with Crippen LogP contribution in [0.3, 0.4) is 0 Å². The van der Waals surface area contributed by atoms with Crippen molar-refractivity contribution in [2.45, 2.75) is 58.3 Å². The summed E-state index contributed by atoms with van der Waals surface area (Å²) in [6.45, 7) is 2.93. The lowest BCUT2D eigenvalue weighted by Crippen LogP contribution is -2.07. The summed E-state index contributed by atoms with van der Waals surface area (Å²) < 4.78 is 0. The molecule has 1 rings (SSSR count). The molecule has 0 bridgehead atoms. The summed E-state index contributed by atoms with van der Waals surface area (Å²) in [5.41, 5.74) is 0.525. The predicted molar refractivity (Wildman–Crippen MR) is 91.5 cm³/mol. The molecule has 1 aromatic carbocycles. The maximum Gasteiger partial charge on any atom is 0.335 e. The van der Waals surface area contributed by atoms with Gasteiger partial charge in [0.25, 0.3) is 0 Å². The summed E-state index contributed by atoms with van der Waals surface area (Å²) in [5, 5.41) is 21.2.